The second-order valence-electron chi connectivity index (χ2n) is 7.25. The van der Waals surface area contributed by atoms with E-state index in [0.29, 0.717) is 12.3 Å². The Morgan fingerprint density at radius 3 is 2.39 bits per heavy atom. The zero-order valence-electron chi connectivity index (χ0n) is 17.2. The van der Waals surface area contributed by atoms with E-state index in [4.69, 9.17) is 0 Å². The third-order valence-corrected chi connectivity index (χ3v) is 4.80. The number of hydrogen-bond acceptors (Lipinski definition) is 3. The van der Waals surface area contributed by atoms with Crippen molar-refractivity contribution in [1.29, 1.82) is 0 Å². The van der Waals surface area contributed by atoms with Gasteiger partial charge in [0.15, 0.2) is 0 Å². The first-order chi connectivity index (χ1) is 13.4. The van der Waals surface area contributed by atoms with Crippen LogP contribution in [0.3, 0.4) is 0 Å². The van der Waals surface area contributed by atoms with Gasteiger partial charge in [-0.2, -0.15) is 0 Å². The van der Waals surface area contributed by atoms with Gasteiger partial charge < -0.3 is 0 Å². The van der Waals surface area contributed by atoms with Crippen LogP contribution in [0.25, 0.3) is 0 Å². The molecule has 2 aromatic carbocycles. The Labute approximate surface area is 168 Å². The third-order valence-electron chi connectivity index (χ3n) is 4.80. The average molecular weight is 379 g/mol. The van der Waals surface area contributed by atoms with E-state index >= 15 is 0 Å². The number of rotatable bonds is 8. The van der Waals surface area contributed by atoms with Crippen LogP contribution < -0.4 is 0 Å². The Morgan fingerprint density at radius 1 is 1.07 bits per heavy atom. The number of amides is 1. The van der Waals surface area contributed by atoms with Crippen LogP contribution in [-0.4, -0.2) is 35.5 Å². The van der Waals surface area contributed by atoms with Crippen molar-refractivity contribution in [3.8, 4) is 0 Å². The molecule has 28 heavy (non-hydrogen) atoms. The molecule has 0 heterocycles. The summed E-state index contributed by atoms with van der Waals surface area (Å²) in [5.74, 6) is 0.121. The van der Waals surface area contributed by atoms with Gasteiger partial charge >= 0.3 is 0 Å². The summed E-state index contributed by atoms with van der Waals surface area (Å²) in [5.41, 5.74) is 3.79. The molecule has 0 saturated heterocycles. The lowest BCUT2D eigenvalue weighted by Crippen LogP contribution is -2.34. The predicted molar refractivity (Wildman–Crippen MR) is 115 cm³/mol. The van der Waals surface area contributed by atoms with Crippen LogP contribution in [0.1, 0.15) is 49.3 Å². The molecule has 0 spiro atoms. The molecule has 0 saturated carbocycles. The number of benzene rings is 2. The van der Waals surface area contributed by atoms with Crippen LogP contribution in [0.5, 0.6) is 0 Å². The molecule has 4 heteroatoms. The first-order valence-electron chi connectivity index (χ1n) is 9.72. The molecule has 148 valence electrons. The molecule has 0 aliphatic rings. The summed E-state index contributed by atoms with van der Waals surface area (Å²) in [4.78, 5) is 16.5. The average Bonchev–Trinajstić information content (AvgIpc) is 2.72. The molecule has 2 rings (SSSR count). The smallest absolute Gasteiger partial charge is 0.286 e. The van der Waals surface area contributed by atoms with Gasteiger partial charge in [-0.25, -0.2) is 5.06 Å². The van der Waals surface area contributed by atoms with Crippen LogP contribution >= 0.6 is 0 Å². The molecule has 4 nitrogen and oxygen atoms in total. The summed E-state index contributed by atoms with van der Waals surface area (Å²) in [6, 6.07) is 18.2. The number of carbonyl (C=O) groups excluding carboxylic acids is 1. The largest absolute Gasteiger partial charge is 0.295 e. The summed E-state index contributed by atoms with van der Waals surface area (Å²) in [6.07, 6.45) is 4.23. The van der Waals surface area contributed by atoms with E-state index in [1.54, 1.807) is 13.1 Å². The summed E-state index contributed by atoms with van der Waals surface area (Å²) in [5, 5.41) is 10.9. The van der Waals surface area contributed by atoms with Crippen molar-refractivity contribution < 1.29 is 10.0 Å². The Kier molecular flexibility index (Phi) is 8.15. The van der Waals surface area contributed by atoms with Crippen molar-refractivity contribution in [1.82, 2.24) is 5.06 Å². The van der Waals surface area contributed by atoms with Crippen molar-refractivity contribution in [2.45, 2.75) is 39.0 Å². The maximum Gasteiger partial charge on any atom is 0.295 e. The first-order valence-corrected chi connectivity index (χ1v) is 9.72. The van der Waals surface area contributed by atoms with Gasteiger partial charge in [-0.15, -0.1) is 0 Å². The Bertz CT molecular complexity index is 826. The molecule has 0 fully saturated rings. The number of hydroxylamine groups is 2. The molecule has 2 aromatic rings. The Hall–Kier alpha value is -2.72. The highest BCUT2D eigenvalue weighted by atomic mass is 16.5. The molecule has 1 N–H and O–H groups in total. The van der Waals surface area contributed by atoms with Crippen molar-refractivity contribution in [3.63, 3.8) is 0 Å². The summed E-state index contributed by atoms with van der Waals surface area (Å²) in [7, 11) is 1.56. The second-order valence-corrected chi connectivity index (χ2v) is 7.25. The van der Waals surface area contributed by atoms with E-state index < -0.39 is 5.91 Å². The zero-order valence-corrected chi connectivity index (χ0v) is 17.2. The topological polar surface area (TPSA) is 52.9 Å². The SMILES string of the molecule is CN=C(C=CC(C)c1cccc(C(C)C)c1)C(=O)N(O)CCc1ccccc1. The van der Waals surface area contributed by atoms with Crippen molar-refractivity contribution in [3.05, 3.63) is 83.4 Å². The van der Waals surface area contributed by atoms with Gasteiger partial charge in [0.2, 0.25) is 0 Å². The first kappa shape index (κ1) is 21.6. The van der Waals surface area contributed by atoms with Gasteiger partial charge in [0.05, 0.1) is 6.54 Å². The minimum atomic E-state index is -0.488. The quantitative estimate of drug-likeness (QED) is 0.399. The van der Waals surface area contributed by atoms with Gasteiger partial charge in [-0.1, -0.05) is 81.4 Å². The van der Waals surface area contributed by atoms with E-state index in [1.807, 2.05) is 36.4 Å². The highest BCUT2D eigenvalue weighted by Crippen LogP contribution is 2.22. The van der Waals surface area contributed by atoms with E-state index in [-0.39, 0.29) is 18.2 Å². The summed E-state index contributed by atoms with van der Waals surface area (Å²) in [6.45, 7) is 6.65. The number of aliphatic imine (C=N–C) groups is 1. The Balaban J connectivity index is 1.99. The molecule has 1 atom stereocenters. The lowest BCUT2D eigenvalue weighted by molar-refractivity contribution is -0.156. The molecule has 0 aliphatic heterocycles. The fourth-order valence-electron chi connectivity index (χ4n) is 2.90. The fraction of sp³-hybridized carbons (Fsp3) is 0.333. The van der Waals surface area contributed by atoms with Gasteiger partial charge in [0, 0.05) is 7.05 Å². The van der Waals surface area contributed by atoms with E-state index in [9.17, 15) is 10.0 Å². The third kappa shape index (κ3) is 6.17. The summed E-state index contributed by atoms with van der Waals surface area (Å²) >= 11 is 0. The van der Waals surface area contributed by atoms with E-state index in [2.05, 4.69) is 50.0 Å². The van der Waals surface area contributed by atoms with Gasteiger partial charge in [0.1, 0.15) is 5.71 Å². The lowest BCUT2D eigenvalue weighted by atomic mass is 9.94. The van der Waals surface area contributed by atoms with Crippen LogP contribution in [-0.2, 0) is 11.2 Å². The monoisotopic (exact) mass is 378 g/mol. The van der Waals surface area contributed by atoms with E-state index in [0.717, 1.165) is 10.6 Å². The van der Waals surface area contributed by atoms with Crippen LogP contribution in [0.15, 0.2) is 71.7 Å². The standard InChI is InChI=1S/C24H30N2O2/c1-18(2)21-11-8-12-22(17-21)19(3)13-14-23(25-4)24(27)26(28)16-15-20-9-6-5-7-10-20/h5-14,17-19,28H,15-16H2,1-4H3. The molecule has 0 radical (unpaired) electrons. The maximum absolute atomic E-state index is 12.5. The van der Waals surface area contributed by atoms with Gasteiger partial charge in [-0.3, -0.25) is 15.0 Å². The minimum absolute atomic E-state index is 0.139. The molecular weight excluding hydrogens is 348 g/mol. The van der Waals surface area contributed by atoms with E-state index in [1.165, 1.54) is 11.1 Å². The molecule has 0 aliphatic carbocycles. The molecule has 1 unspecified atom stereocenters. The van der Waals surface area contributed by atoms with Crippen molar-refractivity contribution in [2.24, 2.45) is 4.99 Å². The number of allylic oxidation sites excluding steroid dienone is 1. The zero-order chi connectivity index (χ0) is 20.5. The highest BCUT2D eigenvalue weighted by Gasteiger charge is 2.16. The Morgan fingerprint density at radius 2 is 1.75 bits per heavy atom. The lowest BCUT2D eigenvalue weighted by Gasteiger charge is -2.15. The van der Waals surface area contributed by atoms with Crippen molar-refractivity contribution >= 4 is 11.6 Å². The van der Waals surface area contributed by atoms with Crippen LogP contribution in [0, 0.1) is 0 Å². The van der Waals surface area contributed by atoms with Crippen molar-refractivity contribution in [2.75, 3.05) is 13.6 Å². The molecule has 0 bridgehead atoms. The summed E-state index contributed by atoms with van der Waals surface area (Å²) < 4.78 is 0. The van der Waals surface area contributed by atoms with Crippen LogP contribution in [0.4, 0.5) is 0 Å². The maximum atomic E-state index is 12.5. The second kappa shape index (κ2) is 10.6. The van der Waals surface area contributed by atoms with Gasteiger partial charge in [0.25, 0.3) is 5.91 Å². The molecule has 1 amide bonds. The molecular formula is C24H30N2O2. The normalized spacial score (nSPS) is 13.1. The highest BCUT2D eigenvalue weighted by molar-refractivity contribution is 6.42. The number of hydrogen-bond donors (Lipinski definition) is 1. The predicted octanol–water partition coefficient (Wildman–Crippen LogP) is 5.00. The van der Waals surface area contributed by atoms with Gasteiger partial charge in [-0.05, 0) is 41.0 Å². The number of carbonyl (C=O) groups is 1. The fourth-order valence-corrected chi connectivity index (χ4v) is 2.90. The molecule has 0 aromatic heterocycles. The van der Waals surface area contributed by atoms with Crippen LogP contribution in [0.2, 0.25) is 0 Å². The number of nitrogens with zero attached hydrogens (tertiary/aromatic N) is 2. The minimum Gasteiger partial charge on any atom is -0.286 e.